The second-order valence-electron chi connectivity index (χ2n) is 3.43. The number of benzene rings is 1. The van der Waals surface area contributed by atoms with Gasteiger partial charge in [0.25, 0.3) is 0 Å². The maximum Gasteiger partial charge on any atom is 0.222 e. The van der Waals surface area contributed by atoms with Crippen LogP contribution in [0.5, 0.6) is 0 Å². The van der Waals surface area contributed by atoms with Gasteiger partial charge in [-0.05, 0) is 18.2 Å². The van der Waals surface area contributed by atoms with Crippen molar-refractivity contribution in [2.45, 2.75) is 6.42 Å². The maximum atomic E-state index is 11.3. The molecule has 0 atom stereocenters. The predicted molar refractivity (Wildman–Crippen MR) is 72.8 cm³/mol. The van der Waals surface area contributed by atoms with Gasteiger partial charge in [-0.25, -0.2) is 0 Å². The minimum atomic E-state index is -0.0227. The monoisotopic (exact) mass is 272 g/mol. The third-order valence-electron chi connectivity index (χ3n) is 1.99. The molecule has 1 amide bonds. The minimum absolute atomic E-state index is 0.0227. The zero-order valence-corrected chi connectivity index (χ0v) is 10.8. The van der Waals surface area contributed by atoms with Gasteiger partial charge in [-0.1, -0.05) is 29.3 Å². The van der Waals surface area contributed by atoms with E-state index < -0.39 is 0 Å². The largest absolute Gasteiger partial charge is 0.384 e. The van der Waals surface area contributed by atoms with Gasteiger partial charge in [-0.15, -0.1) is 6.58 Å². The molecule has 0 bridgehead atoms. The van der Waals surface area contributed by atoms with Gasteiger partial charge >= 0.3 is 0 Å². The summed E-state index contributed by atoms with van der Waals surface area (Å²) in [7, 11) is 0. The molecule has 1 rings (SSSR count). The molecule has 0 saturated heterocycles. The molecular formula is C12H14Cl2N2O. The first kappa shape index (κ1) is 13.9. The van der Waals surface area contributed by atoms with Gasteiger partial charge in [0.15, 0.2) is 0 Å². The van der Waals surface area contributed by atoms with Gasteiger partial charge in [0.2, 0.25) is 5.91 Å². The van der Waals surface area contributed by atoms with Gasteiger partial charge in [-0.3, -0.25) is 4.79 Å². The lowest BCUT2D eigenvalue weighted by atomic mass is 10.3. The highest BCUT2D eigenvalue weighted by Crippen LogP contribution is 2.22. The van der Waals surface area contributed by atoms with Crippen LogP contribution in [0.15, 0.2) is 30.9 Å². The number of halogens is 2. The summed E-state index contributed by atoms with van der Waals surface area (Å²) >= 11 is 11.7. The molecule has 0 aromatic heterocycles. The Morgan fingerprint density at radius 3 is 2.53 bits per heavy atom. The van der Waals surface area contributed by atoms with E-state index in [2.05, 4.69) is 17.2 Å². The van der Waals surface area contributed by atoms with Crippen molar-refractivity contribution < 1.29 is 4.79 Å². The topological polar surface area (TPSA) is 41.1 Å². The van der Waals surface area contributed by atoms with Crippen LogP contribution in [0.2, 0.25) is 10.0 Å². The van der Waals surface area contributed by atoms with E-state index in [0.717, 1.165) is 5.69 Å². The van der Waals surface area contributed by atoms with Crippen molar-refractivity contribution in [1.29, 1.82) is 0 Å². The number of carbonyl (C=O) groups excluding carboxylic acids is 1. The highest BCUT2D eigenvalue weighted by atomic mass is 35.5. The smallest absolute Gasteiger partial charge is 0.222 e. The molecule has 0 aliphatic carbocycles. The third-order valence-corrected chi connectivity index (χ3v) is 2.42. The van der Waals surface area contributed by atoms with Gasteiger partial charge in [0, 0.05) is 35.2 Å². The van der Waals surface area contributed by atoms with Crippen LogP contribution in [0.1, 0.15) is 6.42 Å². The first-order valence-electron chi connectivity index (χ1n) is 5.19. The minimum Gasteiger partial charge on any atom is -0.384 e. The third kappa shape index (κ3) is 5.61. The van der Waals surface area contributed by atoms with Crippen LogP contribution in [-0.4, -0.2) is 19.0 Å². The van der Waals surface area contributed by atoms with Gasteiger partial charge in [0.05, 0.1) is 0 Å². The predicted octanol–water partition coefficient (Wildman–Crippen LogP) is 3.10. The molecular weight excluding hydrogens is 259 g/mol. The lowest BCUT2D eigenvalue weighted by molar-refractivity contribution is -0.120. The lowest BCUT2D eigenvalue weighted by Gasteiger charge is -2.07. The molecule has 0 unspecified atom stereocenters. The van der Waals surface area contributed by atoms with E-state index in [4.69, 9.17) is 23.2 Å². The molecule has 0 aliphatic rings. The SMILES string of the molecule is C=CCNC(=O)CCNc1cc(Cl)cc(Cl)c1. The summed E-state index contributed by atoms with van der Waals surface area (Å²) in [5, 5.41) is 6.90. The Bertz CT molecular complexity index is 387. The molecule has 0 spiro atoms. The van der Waals surface area contributed by atoms with Gasteiger partial charge in [0.1, 0.15) is 0 Å². The highest BCUT2D eigenvalue weighted by molar-refractivity contribution is 6.35. The number of nitrogens with one attached hydrogen (secondary N) is 2. The van der Waals surface area contributed by atoms with Crippen LogP contribution in [-0.2, 0) is 4.79 Å². The molecule has 17 heavy (non-hydrogen) atoms. The molecule has 0 heterocycles. The fourth-order valence-electron chi connectivity index (χ4n) is 1.25. The fraction of sp³-hybridized carbons (Fsp3) is 0.250. The van der Waals surface area contributed by atoms with Crippen LogP contribution < -0.4 is 10.6 Å². The maximum absolute atomic E-state index is 11.3. The van der Waals surface area contributed by atoms with Crippen LogP contribution in [0.4, 0.5) is 5.69 Å². The van der Waals surface area contributed by atoms with Crippen molar-refractivity contribution in [3.8, 4) is 0 Å². The fourth-order valence-corrected chi connectivity index (χ4v) is 1.78. The second-order valence-corrected chi connectivity index (χ2v) is 4.30. The molecule has 5 heteroatoms. The van der Waals surface area contributed by atoms with Crippen molar-refractivity contribution in [3.05, 3.63) is 40.9 Å². The summed E-state index contributed by atoms with van der Waals surface area (Å²) in [5.41, 5.74) is 0.805. The number of anilines is 1. The number of amides is 1. The van der Waals surface area contributed by atoms with Gasteiger partial charge in [-0.2, -0.15) is 0 Å². The first-order chi connectivity index (χ1) is 8.11. The Kier molecular flexibility index (Phi) is 5.87. The quantitative estimate of drug-likeness (QED) is 0.782. The Hall–Kier alpha value is -1.19. The summed E-state index contributed by atoms with van der Waals surface area (Å²) < 4.78 is 0. The van der Waals surface area contributed by atoms with E-state index in [-0.39, 0.29) is 5.91 Å². The van der Waals surface area contributed by atoms with Crippen molar-refractivity contribution in [3.63, 3.8) is 0 Å². The molecule has 3 nitrogen and oxygen atoms in total. The lowest BCUT2D eigenvalue weighted by Crippen LogP contribution is -2.25. The first-order valence-corrected chi connectivity index (χ1v) is 5.95. The van der Waals surface area contributed by atoms with Crippen molar-refractivity contribution in [2.24, 2.45) is 0 Å². The molecule has 1 aromatic rings. The average Bonchev–Trinajstić information content (AvgIpc) is 2.25. The van der Waals surface area contributed by atoms with Crippen LogP contribution in [0, 0.1) is 0 Å². The summed E-state index contributed by atoms with van der Waals surface area (Å²) in [4.78, 5) is 11.3. The van der Waals surface area contributed by atoms with E-state index in [1.807, 2.05) is 0 Å². The normalized spacial score (nSPS) is 9.76. The summed E-state index contributed by atoms with van der Waals surface area (Å²) in [6, 6.07) is 5.18. The average molecular weight is 273 g/mol. The van der Waals surface area contributed by atoms with Gasteiger partial charge < -0.3 is 10.6 Å². The molecule has 2 N–H and O–H groups in total. The highest BCUT2D eigenvalue weighted by Gasteiger charge is 2.01. The Morgan fingerprint density at radius 1 is 1.29 bits per heavy atom. The molecule has 0 fully saturated rings. The zero-order chi connectivity index (χ0) is 12.7. The summed E-state index contributed by atoms with van der Waals surface area (Å²) in [6.07, 6.45) is 2.03. The Labute approximate surface area is 111 Å². The van der Waals surface area contributed by atoms with E-state index in [9.17, 15) is 4.79 Å². The number of carbonyl (C=O) groups is 1. The zero-order valence-electron chi connectivity index (χ0n) is 9.30. The molecule has 0 saturated carbocycles. The molecule has 0 radical (unpaired) electrons. The van der Waals surface area contributed by atoms with Crippen LogP contribution in [0.3, 0.4) is 0 Å². The van der Waals surface area contributed by atoms with Crippen LogP contribution in [0.25, 0.3) is 0 Å². The van der Waals surface area contributed by atoms with Crippen molar-refractivity contribution in [1.82, 2.24) is 5.32 Å². The van der Waals surface area contributed by atoms with Crippen LogP contribution >= 0.6 is 23.2 Å². The summed E-state index contributed by atoms with van der Waals surface area (Å²) in [5.74, 6) is -0.0227. The summed E-state index contributed by atoms with van der Waals surface area (Å²) in [6.45, 7) is 4.54. The second kappa shape index (κ2) is 7.20. The van der Waals surface area contributed by atoms with Crippen molar-refractivity contribution >= 4 is 34.8 Å². The number of hydrogen-bond donors (Lipinski definition) is 2. The van der Waals surface area contributed by atoms with E-state index in [0.29, 0.717) is 29.6 Å². The number of rotatable bonds is 6. The standard InChI is InChI=1S/C12H14Cl2N2O/c1-2-4-16-12(17)3-5-15-11-7-9(13)6-10(14)8-11/h2,6-8,15H,1,3-5H2,(H,16,17). The Morgan fingerprint density at radius 2 is 1.94 bits per heavy atom. The molecule has 92 valence electrons. The van der Waals surface area contributed by atoms with E-state index >= 15 is 0 Å². The Balaban J connectivity index is 2.35. The van der Waals surface area contributed by atoms with E-state index in [1.54, 1.807) is 24.3 Å². The molecule has 1 aromatic carbocycles. The number of hydrogen-bond acceptors (Lipinski definition) is 2. The van der Waals surface area contributed by atoms with E-state index in [1.165, 1.54) is 0 Å². The molecule has 0 aliphatic heterocycles. The van der Waals surface area contributed by atoms with Crippen molar-refractivity contribution in [2.75, 3.05) is 18.4 Å².